The van der Waals surface area contributed by atoms with Crippen LogP contribution < -0.4 is 5.32 Å². The molecule has 1 saturated heterocycles. The fourth-order valence-corrected chi connectivity index (χ4v) is 5.38. The second kappa shape index (κ2) is 6.86. The number of amides is 1. The van der Waals surface area contributed by atoms with E-state index in [0.29, 0.717) is 43.7 Å². The molecule has 5 nitrogen and oxygen atoms in total. The lowest BCUT2D eigenvalue weighted by Crippen LogP contribution is -2.32. The highest BCUT2D eigenvalue weighted by Gasteiger charge is 2.45. The molecule has 1 aliphatic carbocycles. The molecule has 3 heterocycles. The van der Waals surface area contributed by atoms with Crippen LogP contribution in [0.5, 0.6) is 0 Å². The second-order valence-corrected chi connectivity index (χ2v) is 8.44. The third-order valence-electron chi connectivity index (χ3n) is 6.75. The number of hydrogen-bond donors (Lipinski definition) is 2. The summed E-state index contributed by atoms with van der Waals surface area (Å²) in [4.78, 5) is 14.9. The van der Waals surface area contributed by atoms with Gasteiger partial charge in [0.15, 0.2) is 5.69 Å². The molecule has 0 spiro atoms. The largest absolute Gasteiger partial charge is 0.416 e. The number of carbonyl (C=O) groups excluding carboxylic acids is 1. The number of alkyl halides is 3. The van der Waals surface area contributed by atoms with E-state index in [2.05, 4.69) is 15.5 Å². The molecule has 29 heavy (non-hydrogen) atoms. The number of likely N-dealkylation sites (tertiary alicyclic amines) is 1. The van der Waals surface area contributed by atoms with Crippen LogP contribution in [0.25, 0.3) is 0 Å². The lowest BCUT2D eigenvalue weighted by Gasteiger charge is -2.21. The summed E-state index contributed by atoms with van der Waals surface area (Å²) in [7, 11) is 0. The molecule has 5 rings (SSSR count). The molecular formula is C21H23F3N4O. The third-order valence-corrected chi connectivity index (χ3v) is 6.75. The fourth-order valence-electron chi connectivity index (χ4n) is 5.38. The highest BCUT2D eigenvalue weighted by atomic mass is 19.4. The molecular weight excluding hydrogens is 381 g/mol. The zero-order valence-electron chi connectivity index (χ0n) is 15.9. The van der Waals surface area contributed by atoms with Gasteiger partial charge in [-0.25, -0.2) is 0 Å². The molecule has 2 aliphatic heterocycles. The van der Waals surface area contributed by atoms with Gasteiger partial charge in [0.25, 0.3) is 5.91 Å². The Hall–Kier alpha value is -2.35. The summed E-state index contributed by atoms with van der Waals surface area (Å²) in [6.45, 7) is 2.72. The molecule has 0 radical (unpaired) electrons. The van der Waals surface area contributed by atoms with Gasteiger partial charge >= 0.3 is 6.18 Å². The first kappa shape index (κ1) is 18.7. The van der Waals surface area contributed by atoms with E-state index in [1.165, 1.54) is 12.1 Å². The second-order valence-electron chi connectivity index (χ2n) is 8.44. The van der Waals surface area contributed by atoms with Crippen LogP contribution >= 0.6 is 0 Å². The molecule has 1 saturated carbocycles. The number of H-pyrrole nitrogens is 1. The average molecular weight is 404 g/mol. The van der Waals surface area contributed by atoms with Gasteiger partial charge in [-0.1, -0.05) is 18.2 Å². The van der Waals surface area contributed by atoms with E-state index in [1.807, 2.05) is 4.90 Å². The van der Waals surface area contributed by atoms with E-state index in [0.717, 1.165) is 24.2 Å². The lowest BCUT2D eigenvalue weighted by atomic mass is 9.91. The van der Waals surface area contributed by atoms with Crippen LogP contribution in [0.15, 0.2) is 24.3 Å². The van der Waals surface area contributed by atoms with Crippen molar-refractivity contribution in [3.05, 3.63) is 52.3 Å². The Labute approximate surface area is 166 Å². The summed E-state index contributed by atoms with van der Waals surface area (Å²) in [5.41, 5.74) is 2.35. The molecule has 1 amide bonds. The first-order chi connectivity index (χ1) is 13.9. The van der Waals surface area contributed by atoms with E-state index < -0.39 is 11.7 Å². The van der Waals surface area contributed by atoms with E-state index in [-0.39, 0.29) is 23.7 Å². The minimum absolute atomic E-state index is 0.0622. The normalized spacial score (nSPS) is 26.4. The zero-order valence-corrected chi connectivity index (χ0v) is 15.9. The van der Waals surface area contributed by atoms with Gasteiger partial charge in [-0.3, -0.25) is 9.89 Å². The maximum atomic E-state index is 13.4. The minimum Gasteiger partial charge on any atom is -0.337 e. The number of rotatable bonds is 2. The van der Waals surface area contributed by atoms with Crippen LogP contribution in [0.1, 0.15) is 51.6 Å². The number of benzene rings is 1. The van der Waals surface area contributed by atoms with Crippen LogP contribution in [0.3, 0.4) is 0 Å². The molecule has 1 aromatic heterocycles. The summed E-state index contributed by atoms with van der Waals surface area (Å²) in [5.74, 6) is 0.339. The number of aromatic amines is 1. The molecule has 2 aromatic rings. The van der Waals surface area contributed by atoms with E-state index in [9.17, 15) is 18.0 Å². The lowest BCUT2D eigenvalue weighted by molar-refractivity contribution is -0.138. The summed E-state index contributed by atoms with van der Waals surface area (Å²) in [5, 5.41) is 10.5. The number of aromatic nitrogens is 2. The highest BCUT2D eigenvalue weighted by Crippen LogP contribution is 2.49. The molecule has 2 N–H and O–H groups in total. The summed E-state index contributed by atoms with van der Waals surface area (Å²) in [6.07, 6.45) is -2.10. The van der Waals surface area contributed by atoms with Crippen molar-refractivity contribution in [2.75, 3.05) is 19.6 Å². The van der Waals surface area contributed by atoms with Crippen LogP contribution in [-0.2, 0) is 19.1 Å². The van der Waals surface area contributed by atoms with Gasteiger partial charge in [0.1, 0.15) is 0 Å². The van der Waals surface area contributed by atoms with Crippen molar-refractivity contribution in [2.45, 2.75) is 37.9 Å². The molecule has 1 aromatic carbocycles. The zero-order chi connectivity index (χ0) is 20.2. The Kier molecular flexibility index (Phi) is 4.42. The van der Waals surface area contributed by atoms with E-state index in [4.69, 9.17) is 0 Å². The molecule has 2 fully saturated rings. The molecule has 154 valence electrons. The average Bonchev–Trinajstić information content (AvgIpc) is 3.39. The number of hydrogen-bond acceptors (Lipinski definition) is 3. The minimum atomic E-state index is -4.33. The number of halogens is 3. The van der Waals surface area contributed by atoms with Crippen molar-refractivity contribution in [3.63, 3.8) is 0 Å². The maximum absolute atomic E-state index is 13.4. The molecule has 2 unspecified atom stereocenters. The summed E-state index contributed by atoms with van der Waals surface area (Å²) in [6, 6.07) is 5.92. The van der Waals surface area contributed by atoms with Crippen molar-refractivity contribution in [1.82, 2.24) is 20.4 Å². The van der Waals surface area contributed by atoms with Crippen LogP contribution in [-0.4, -0.2) is 40.6 Å². The topological polar surface area (TPSA) is 61.0 Å². The van der Waals surface area contributed by atoms with Crippen molar-refractivity contribution < 1.29 is 18.0 Å². The molecule has 8 heteroatoms. The van der Waals surface area contributed by atoms with Crippen molar-refractivity contribution in [2.24, 2.45) is 11.8 Å². The number of carbonyl (C=O) groups is 1. The predicted octanol–water partition coefficient (Wildman–Crippen LogP) is 3.34. The Balaban J connectivity index is 1.30. The Morgan fingerprint density at radius 2 is 1.86 bits per heavy atom. The summed E-state index contributed by atoms with van der Waals surface area (Å²) < 4.78 is 40.2. The molecule has 2 atom stereocenters. The Morgan fingerprint density at radius 1 is 1.14 bits per heavy atom. The maximum Gasteiger partial charge on any atom is 0.416 e. The number of nitrogens with zero attached hydrogens (tertiary/aromatic N) is 2. The van der Waals surface area contributed by atoms with Gasteiger partial charge in [-0.15, -0.1) is 0 Å². The SMILES string of the molecule is O=C(c1n[nH]c2c1CNCC2)N1CC2CC(c3ccccc3C(F)(F)F)CC2C1. The monoisotopic (exact) mass is 404 g/mol. The van der Waals surface area contributed by atoms with E-state index >= 15 is 0 Å². The van der Waals surface area contributed by atoms with Crippen LogP contribution in [0, 0.1) is 11.8 Å². The standard InChI is InChI=1S/C21H23F3N4O/c22-21(23,24)17-4-2-1-3-15(17)12-7-13-10-28(11-14(13)8-12)20(29)19-16-9-25-6-5-18(16)26-27-19/h1-4,12-14,25H,5-11H2,(H,26,27). The molecule has 3 aliphatic rings. The van der Waals surface area contributed by atoms with Gasteiger partial charge in [-0.05, 0) is 42.2 Å². The van der Waals surface area contributed by atoms with Crippen molar-refractivity contribution in [1.29, 1.82) is 0 Å². The van der Waals surface area contributed by atoms with E-state index in [1.54, 1.807) is 12.1 Å². The quantitative estimate of drug-likeness (QED) is 0.807. The molecule has 0 bridgehead atoms. The Bertz CT molecular complexity index is 924. The van der Waals surface area contributed by atoms with Crippen molar-refractivity contribution >= 4 is 5.91 Å². The van der Waals surface area contributed by atoms with Crippen LogP contribution in [0.2, 0.25) is 0 Å². The number of fused-ring (bicyclic) bond motifs is 2. The Morgan fingerprint density at radius 3 is 2.59 bits per heavy atom. The van der Waals surface area contributed by atoms with Gasteiger partial charge in [0.05, 0.1) is 5.56 Å². The van der Waals surface area contributed by atoms with Gasteiger partial charge in [0.2, 0.25) is 0 Å². The van der Waals surface area contributed by atoms with Gasteiger partial charge < -0.3 is 10.2 Å². The van der Waals surface area contributed by atoms with Crippen LogP contribution in [0.4, 0.5) is 13.2 Å². The highest BCUT2D eigenvalue weighted by molar-refractivity contribution is 5.94. The van der Waals surface area contributed by atoms with Crippen molar-refractivity contribution in [3.8, 4) is 0 Å². The van der Waals surface area contributed by atoms with Gasteiger partial charge in [0, 0.05) is 43.9 Å². The first-order valence-corrected chi connectivity index (χ1v) is 10.1. The summed E-state index contributed by atoms with van der Waals surface area (Å²) >= 11 is 0. The first-order valence-electron chi connectivity index (χ1n) is 10.1. The number of nitrogens with one attached hydrogen (secondary N) is 2. The third kappa shape index (κ3) is 3.23. The smallest absolute Gasteiger partial charge is 0.337 e. The predicted molar refractivity (Wildman–Crippen MR) is 100 cm³/mol. The fraction of sp³-hybridized carbons (Fsp3) is 0.524. The van der Waals surface area contributed by atoms with Gasteiger partial charge in [-0.2, -0.15) is 18.3 Å².